The molecule has 90 valence electrons. The molecule has 4 nitrogen and oxygen atoms in total. The Balaban J connectivity index is 2.35. The van der Waals surface area contributed by atoms with Crippen LogP contribution in [0.15, 0.2) is 20.1 Å². The molecular weight excluding hydrogens is 312 g/mol. The van der Waals surface area contributed by atoms with E-state index in [9.17, 15) is 8.42 Å². The smallest absolute Gasteiger partial charge is 0.254 e. The second-order valence-corrected chi connectivity index (χ2v) is 7.58. The van der Waals surface area contributed by atoms with Crippen molar-refractivity contribution in [2.24, 2.45) is 0 Å². The monoisotopic (exact) mass is 324 g/mol. The van der Waals surface area contributed by atoms with Crippen molar-refractivity contribution >= 4 is 37.3 Å². The predicted molar refractivity (Wildman–Crippen MR) is 68.2 cm³/mol. The number of hydrogen-bond acceptors (Lipinski definition) is 4. The van der Waals surface area contributed by atoms with Crippen LogP contribution in [0.1, 0.15) is 6.92 Å². The minimum absolute atomic E-state index is 0.00718. The lowest BCUT2D eigenvalue weighted by Crippen LogP contribution is -2.51. The summed E-state index contributed by atoms with van der Waals surface area (Å²) in [4.78, 5) is 0. The molecule has 1 N–H and O–H groups in total. The third-order valence-corrected chi connectivity index (χ3v) is 7.23. The van der Waals surface area contributed by atoms with Gasteiger partial charge < -0.3 is 5.32 Å². The van der Waals surface area contributed by atoms with Gasteiger partial charge in [0.05, 0.1) is 0 Å². The Morgan fingerprint density at radius 3 is 2.94 bits per heavy atom. The predicted octanol–water partition coefficient (Wildman–Crippen LogP) is 1.49. The van der Waals surface area contributed by atoms with Crippen LogP contribution >= 0.6 is 27.3 Å². The summed E-state index contributed by atoms with van der Waals surface area (Å²) >= 11 is 4.53. The molecule has 1 aromatic heterocycles. The minimum Gasteiger partial charge on any atom is -0.314 e. The average molecular weight is 325 g/mol. The van der Waals surface area contributed by atoms with Crippen molar-refractivity contribution in [3.8, 4) is 0 Å². The highest BCUT2D eigenvalue weighted by atomic mass is 79.9. The van der Waals surface area contributed by atoms with Crippen LogP contribution in [0.25, 0.3) is 0 Å². The molecule has 1 unspecified atom stereocenters. The van der Waals surface area contributed by atoms with E-state index in [1.54, 1.807) is 15.8 Å². The highest BCUT2D eigenvalue weighted by molar-refractivity contribution is 9.10. The van der Waals surface area contributed by atoms with Crippen molar-refractivity contribution < 1.29 is 8.42 Å². The SMILES string of the molecule is CC1CNCCN1S(=O)(=O)c1sccc1Br. The Morgan fingerprint density at radius 2 is 2.38 bits per heavy atom. The average Bonchev–Trinajstić information content (AvgIpc) is 2.65. The highest BCUT2D eigenvalue weighted by Gasteiger charge is 2.32. The molecule has 0 spiro atoms. The van der Waals surface area contributed by atoms with E-state index in [4.69, 9.17) is 0 Å². The number of rotatable bonds is 2. The summed E-state index contributed by atoms with van der Waals surface area (Å²) < 4.78 is 27.3. The Kier molecular flexibility index (Phi) is 3.70. The molecule has 16 heavy (non-hydrogen) atoms. The molecule has 1 aromatic rings. The first-order valence-electron chi connectivity index (χ1n) is 4.99. The van der Waals surface area contributed by atoms with Gasteiger partial charge in [-0.05, 0) is 34.3 Å². The summed E-state index contributed by atoms with van der Waals surface area (Å²) in [6, 6.07) is 1.78. The minimum atomic E-state index is -3.33. The first kappa shape index (κ1) is 12.5. The zero-order chi connectivity index (χ0) is 11.8. The lowest BCUT2D eigenvalue weighted by atomic mass is 10.3. The molecule has 0 bridgehead atoms. The van der Waals surface area contributed by atoms with Gasteiger partial charge in [0, 0.05) is 30.1 Å². The van der Waals surface area contributed by atoms with Crippen molar-refractivity contribution in [2.75, 3.05) is 19.6 Å². The van der Waals surface area contributed by atoms with E-state index in [0.29, 0.717) is 28.3 Å². The van der Waals surface area contributed by atoms with Gasteiger partial charge in [0.2, 0.25) is 0 Å². The van der Waals surface area contributed by atoms with Gasteiger partial charge in [-0.25, -0.2) is 8.42 Å². The fourth-order valence-corrected chi connectivity index (χ4v) is 5.81. The summed E-state index contributed by atoms with van der Waals surface area (Å²) in [5.41, 5.74) is 0. The molecule has 1 fully saturated rings. The van der Waals surface area contributed by atoms with Crippen LogP contribution < -0.4 is 5.32 Å². The largest absolute Gasteiger partial charge is 0.314 e. The molecule has 0 aliphatic carbocycles. The zero-order valence-electron chi connectivity index (χ0n) is 8.81. The van der Waals surface area contributed by atoms with Crippen molar-refractivity contribution in [2.45, 2.75) is 17.2 Å². The summed E-state index contributed by atoms with van der Waals surface area (Å²) in [7, 11) is -3.33. The third kappa shape index (κ3) is 2.19. The van der Waals surface area contributed by atoms with Gasteiger partial charge in [-0.1, -0.05) is 0 Å². The van der Waals surface area contributed by atoms with Gasteiger partial charge in [-0.3, -0.25) is 0 Å². The molecule has 0 aromatic carbocycles. The Bertz CT molecular complexity index is 472. The number of nitrogens with zero attached hydrogens (tertiary/aromatic N) is 1. The Morgan fingerprint density at radius 1 is 1.62 bits per heavy atom. The summed E-state index contributed by atoms with van der Waals surface area (Å²) in [6.07, 6.45) is 0. The van der Waals surface area contributed by atoms with Gasteiger partial charge in [0.1, 0.15) is 4.21 Å². The summed E-state index contributed by atoms with van der Waals surface area (Å²) in [6.45, 7) is 3.88. The first-order valence-corrected chi connectivity index (χ1v) is 8.10. The van der Waals surface area contributed by atoms with Crippen molar-refractivity contribution in [1.29, 1.82) is 0 Å². The van der Waals surface area contributed by atoms with Crippen molar-refractivity contribution in [1.82, 2.24) is 9.62 Å². The third-order valence-electron chi connectivity index (χ3n) is 2.57. The fourth-order valence-electron chi connectivity index (χ4n) is 1.75. The number of thiophene rings is 1. The van der Waals surface area contributed by atoms with Crippen LogP contribution in [0.3, 0.4) is 0 Å². The summed E-state index contributed by atoms with van der Waals surface area (Å²) in [5.74, 6) is 0. The van der Waals surface area contributed by atoms with Crippen LogP contribution in [0.4, 0.5) is 0 Å². The van der Waals surface area contributed by atoms with Gasteiger partial charge in [0.25, 0.3) is 10.0 Å². The maximum Gasteiger partial charge on any atom is 0.254 e. The molecule has 2 heterocycles. The molecule has 1 saturated heterocycles. The van der Waals surface area contributed by atoms with E-state index < -0.39 is 10.0 Å². The second-order valence-electron chi connectivity index (χ2n) is 3.72. The topological polar surface area (TPSA) is 49.4 Å². The van der Waals surface area contributed by atoms with Gasteiger partial charge in [-0.15, -0.1) is 11.3 Å². The van der Waals surface area contributed by atoms with E-state index in [0.717, 1.165) is 0 Å². The van der Waals surface area contributed by atoms with Crippen LogP contribution in [-0.2, 0) is 10.0 Å². The van der Waals surface area contributed by atoms with E-state index in [-0.39, 0.29) is 6.04 Å². The van der Waals surface area contributed by atoms with E-state index in [2.05, 4.69) is 21.2 Å². The second kappa shape index (κ2) is 4.73. The van der Waals surface area contributed by atoms with E-state index >= 15 is 0 Å². The maximum absolute atomic E-state index is 12.4. The number of halogens is 1. The number of piperazine rings is 1. The lowest BCUT2D eigenvalue weighted by molar-refractivity contribution is 0.284. The van der Waals surface area contributed by atoms with Crippen molar-refractivity contribution in [3.63, 3.8) is 0 Å². The Labute approximate surface area is 108 Å². The number of sulfonamides is 1. The fraction of sp³-hybridized carbons (Fsp3) is 0.556. The number of nitrogens with one attached hydrogen (secondary N) is 1. The zero-order valence-corrected chi connectivity index (χ0v) is 12.0. The molecule has 7 heteroatoms. The van der Waals surface area contributed by atoms with Crippen LogP contribution in [0, 0.1) is 0 Å². The van der Waals surface area contributed by atoms with Crippen LogP contribution in [0.2, 0.25) is 0 Å². The van der Waals surface area contributed by atoms with E-state index in [1.807, 2.05) is 6.92 Å². The summed E-state index contributed by atoms with van der Waals surface area (Å²) in [5, 5.41) is 4.96. The van der Waals surface area contributed by atoms with Crippen LogP contribution in [0.5, 0.6) is 0 Å². The first-order chi connectivity index (χ1) is 7.53. The maximum atomic E-state index is 12.4. The van der Waals surface area contributed by atoms with E-state index in [1.165, 1.54) is 11.3 Å². The molecule has 0 radical (unpaired) electrons. The van der Waals surface area contributed by atoms with Gasteiger partial charge in [-0.2, -0.15) is 4.31 Å². The lowest BCUT2D eigenvalue weighted by Gasteiger charge is -2.32. The van der Waals surface area contributed by atoms with Crippen LogP contribution in [-0.4, -0.2) is 38.4 Å². The molecule has 0 amide bonds. The quantitative estimate of drug-likeness (QED) is 0.896. The molecule has 2 rings (SSSR count). The Hall–Kier alpha value is 0.0500. The molecule has 1 atom stereocenters. The standard InChI is InChI=1S/C9H13BrN2O2S2/c1-7-6-11-3-4-12(7)16(13,14)9-8(10)2-5-15-9/h2,5,7,11H,3-4,6H2,1H3. The number of hydrogen-bond donors (Lipinski definition) is 1. The molecule has 1 aliphatic rings. The molecular formula is C9H13BrN2O2S2. The van der Waals surface area contributed by atoms with Gasteiger partial charge in [0.15, 0.2) is 0 Å². The molecule has 0 saturated carbocycles. The van der Waals surface area contributed by atoms with Crippen molar-refractivity contribution in [3.05, 3.63) is 15.9 Å². The van der Waals surface area contributed by atoms with Gasteiger partial charge >= 0.3 is 0 Å². The normalized spacial score (nSPS) is 23.5. The molecule has 1 aliphatic heterocycles. The highest BCUT2D eigenvalue weighted by Crippen LogP contribution is 2.31.